The SMILES string of the molecule is O=C(COCCNC(=O)OCC1c2ccccc2-c2ccccc21)Nc1ccc(C(=O)O)cc1F. The Bertz CT molecular complexity index is 1220. The van der Waals surface area contributed by atoms with Gasteiger partial charge in [-0.15, -0.1) is 0 Å². The number of fused-ring (bicyclic) bond motifs is 3. The molecule has 3 aromatic rings. The zero-order valence-electron chi connectivity index (χ0n) is 18.6. The van der Waals surface area contributed by atoms with Crippen LogP contribution in [0.4, 0.5) is 14.9 Å². The minimum Gasteiger partial charge on any atom is -0.478 e. The Balaban J connectivity index is 1.17. The largest absolute Gasteiger partial charge is 0.478 e. The van der Waals surface area contributed by atoms with E-state index in [1.54, 1.807) is 0 Å². The molecule has 0 heterocycles. The summed E-state index contributed by atoms with van der Waals surface area (Å²) < 4.78 is 24.5. The molecule has 0 unspecified atom stereocenters. The van der Waals surface area contributed by atoms with Gasteiger partial charge in [-0.1, -0.05) is 48.5 Å². The number of alkyl carbamates (subject to hydrolysis) is 1. The number of carbonyl (C=O) groups is 3. The molecule has 0 spiro atoms. The van der Waals surface area contributed by atoms with E-state index in [1.807, 2.05) is 36.4 Å². The predicted octanol–water partition coefficient (Wildman–Crippen LogP) is 4.02. The van der Waals surface area contributed by atoms with Crippen LogP contribution in [0.15, 0.2) is 66.7 Å². The molecule has 1 aliphatic rings. The fraction of sp³-hybridized carbons (Fsp3) is 0.192. The van der Waals surface area contributed by atoms with Crippen LogP contribution < -0.4 is 10.6 Å². The standard InChI is InChI=1S/C26H23FN2O6/c27-22-13-16(25(31)32)9-10-23(22)29-24(30)15-34-12-11-28-26(33)35-14-21-19-7-3-1-5-17(19)18-6-2-4-8-20(18)21/h1-10,13,21H,11-12,14-15H2,(H,28,33)(H,29,30)(H,31,32). The number of anilines is 1. The van der Waals surface area contributed by atoms with Gasteiger partial charge in [-0.25, -0.2) is 14.0 Å². The van der Waals surface area contributed by atoms with Gasteiger partial charge in [0.1, 0.15) is 19.0 Å². The van der Waals surface area contributed by atoms with Gasteiger partial charge in [-0.2, -0.15) is 0 Å². The molecule has 0 fully saturated rings. The molecular weight excluding hydrogens is 455 g/mol. The van der Waals surface area contributed by atoms with Crippen LogP contribution in [0.3, 0.4) is 0 Å². The number of halogens is 1. The molecule has 0 saturated carbocycles. The number of carbonyl (C=O) groups excluding carboxylic acids is 2. The number of ether oxygens (including phenoxy) is 2. The number of carboxylic acid groups (broad SMARTS) is 1. The third kappa shape index (κ3) is 5.64. The van der Waals surface area contributed by atoms with Crippen molar-refractivity contribution in [3.63, 3.8) is 0 Å². The zero-order valence-corrected chi connectivity index (χ0v) is 18.6. The fourth-order valence-corrected chi connectivity index (χ4v) is 3.98. The van der Waals surface area contributed by atoms with E-state index < -0.39 is 23.8 Å². The van der Waals surface area contributed by atoms with Crippen LogP contribution in [0.25, 0.3) is 11.1 Å². The molecule has 0 radical (unpaired) electrons. The van der Waals surface area contributed by atoms with Gasteiger partial charge in [-0.3, -0.25) is 4.79 Å². The second-order valence-electron chi connectivity index (χ2n) is 7.85. The van der Waals surface area contributed by atoms with Gasteiger partial charge in [0.25, 0.3) is 0 Å². The summed E-state index contributed by atoms with van der Waals surface area (Å²) in [5, 5.41) is 13.7. The molecule has 9 heteroatoms. The highest BCUT2D eigenvalue weighted by Crippen LogP contribution is 2.44. The number of benzene rings is 3. The Kier molecular flexibility index (Phi) is 7.37. The van der Waals surface area contributed by atoms with Crippen molar-refractivity contribution in [2.45, 2.75) is 5.92 Å². The minimum atomic E-state index is -1.27. The van der Waals surface area contributed by atoms with Gasteiger partial charge in [0.05, 0.1) is 17.9 Å². The average molecular weight is 478 g/mol. The lowest BCUT2D eigenvalue weighted by molar-refractivity contribution is -0.120. The Hall–Kier alpha value is -4.24. The summed E-state index contributed by atoms with van der Waals surface area (Å²) in [6.45, 7) is -0.0223. The predicted molar refractivity (Wildman–Crippen MR) is 126 cm³/mol. The van der Waals surface area contributed by atoms with Gasteiger partial charge >= 0.3 is 12.1 Å². The topological polar surface area (TPSA) is 114 Å². The van der Waals surface area contributed by atoms with Crippen LogP contribution in [-0.2, 0) is 14.3 Å². The third-order valence-electron chi connectivity index (χ3n) is 5.58. The number of aromatic carboxylic acids is 1. The first-order valence-electron chi connectivity index (χ1n) is 10.9. The molecule has 0 bridgehead atoms. The van der Waals surface area contributed by atoms with Crippen LogP contribution in [0, 0.1) is 5.82 Å². The minimum absolute atomic E-state index is 0.0397. The van der Waals surface area contributed by atoms with Crippen molar-refractivity contribution >= 4 is 23.7 Å². The van der Waals surface area contributed by atoms with Gasteiger partial charge in [0.2, 0.25) is 5.91 Å². The van der Waals surface area contributed by atoms with Gasteiger partial charge < -0.3 is 25.2 Å². The lowest BCUT2D eigenvalue weighted by Crippen LogP contribution is -2.30. The molecule has 0 saturated heterocycles. The number of carboxylic acids is 1. The summed E-state index contributed by atoms with van der Waals surface area (Å²) in [6, 6.07) is 19.2. The number of hydrogen-bond donors (Lipinski definition) is 3. The van der Waals surface area contributed by atoms with E-state index in [2.05, 4.69) is 22.8 Å². The molecule has 3 aromatic carbocycles. The average Bonchev–Trinajstić information content (AvgIpc) is 3.17. The van der Waals surface area contributed by atoms with Crippen molar-refractivity contribution in [1.29, 1.82) is 0 Å². The molecule has 1 aliphatic carbocycles. The van der Waals surface area contributed by atoms with Crippen molar-refractivity contribution in [3.05, 3.63) is 89.2 Å². The van der Waals surface area contributed by atoms with E-state index in [0.717, 1.165) is 34.4 Å². The second-order valence-corrected chi connectivity index (χ2v) is 7.85. The van der Waals surface area contributed by atoms with Crippen molar-refractivity contribution in [2.24, 2.45) is 0 Å². The van der Waals surface area contributed by atoms with Gasteiger partial charge in [0, 0.05) is 12.5 Å². The molecule has 2 amide bonds. The molecule has 3 N–H and O–H groups in total. The van der Waals surface area contributed by atoms with Crippen molar-refractivity contribution in [1.82, 2.24) is 5.32 Å². The zero-order chi connectivity index (χ0) is 24.8. The molecule has 0 atom stereocenters. The summed E-state index contributed by atoms with van der Waals surface area (Å²) in [5.74, 6) is -2.80. The number of nitrogens with one attached hydrogen (secondary N) is 2. The quantitative estimate of drug-likeness (QED) is 0.401. The lowest BCUT2D eigenvalue weighted by Gasteiger charge is -2.14. The summed E-state index contributed by atoms with van der Waals surface area (Å²) in [7, 11) is 0. The highest BCUT2D eigenvalue weighted by molar-refractivity contribution is 5.93. The monoisotopic (exact) mass is 478 g/mol. The number of hydrogen-bond acceptors (Lipinski definition) is 5. The van der Waals surface area contributed by atoms with Crippen LogP contribution in [0.1, 0.15) is 27.4 Å². The first kappa shape index (κ1) is 23.9. The van der Waals surface area contributed by atoms with Crippen LogP contribution in [0.2, 0.25) is 0 Å². The summed E-state index contributed by atoms with van der Waals surface area (Å²) in [5.41, 5.74) is 4.13. The molecular formula is C26H23FN2O6. The normalized spacial score (nSPS) is 11.9. The Morgan fingerprint density at radius 2 is 1.60 bits per heavy atom. The number of amides is 2. The summed E-state index contributed by atoms with van der Waals surface area (Å²) in [6.07, 6.45) is -0.597. The van der Waals surface area contributed by atoms with Crippen molar-refractivity contribution < 1.29 is 33.4 Å². The van der Waals surface area contributed by atoms with Crippen molar-refractivity contribution in [3.8, 4) is 11.1 Å². The van der Waals surface area contributed by atoms with Crippen LogP contribution in [-0.4, -0.2) is 49.4 Å². The Labute approximate surface area is 200 Å². The summed E-state index contributed by atoms with van der Waals surface area (Å²) >= 11 is 0. The molecule has 8 nitrogen and oxygen atoms in total. The smallest absolute Gasteiger partial charge is 0.407 e. The van der Waals surface area contributed by atoms with E-state index in [0.29, 0.717) is 0 Å². The Morgan fingerprint density at radius 3 is 2.23 bits per heavy atom. The first-order chi connectivity index (χ1) is 16.9. The van der Waals surface area contributed by atoms with E-state index in [9.17, 15) is 18.8 Å². The molecule has 0 aromatic heterocycles. The molecule has 180 valence electrons. The highest BCUT2D eigenvalue weighted by atomic mass is 19.1. The van der Waals surface area contributed by atoms with E-state index in [1.165, 1.54) is 6.07 Å². The van der Waals surface area contributed by atoms with Gasteiger partial charge in [-0.05, 0) is 40.5 Å². The maximum Gasteiger partial charge on any atom is 0.407 e. The maximum atomic E-state index is 13.9. The van der Waals surface area contributed by atoms with E-state index in [4.69, 9.17) is 14.6 Å². The second kappa shape index (κ2) is 10.8. The maximum absolute atomic E-state index is 13.9. The lowest BCUT2D eigenvalue weighted by atomic mass is 9.98. The van der Waals surface area contributed by atoms with E-state index >= 15 is 0 Å². The van der Waals surface area contributed by atoms with Crippen LogP contribution in [0.5, 0.6) is 0 Å². The van der Waals surface area contributed by atoms with Gasteiger partial charge in [0.15, 0.2) is 0 Å². The molecule has 4 rings (SSSR count). The van der Waals surface area contributed by atoms with Crippen LogP contribution >= 0.6 is 0 Å². The molecule has 0 aliphatic heterocycles. The highest BCUT2D eigenvalue weighted by Gasteiger charge is 2.28. The summed E-state index contributed by atoms with van der Waals surface area (Å²) in [4.78, 5) is 34.9. The number of rotatable bonds is 9. The van der Waals surface area contributed by atoms with E-state index in [-0.39, 0.29) is 43.5 Å². The third-order valence-corrected chi connectivity index (χ3v) is 5.58. The Morgan fingerprint density at radius 1 is 0.943 bits per heavy atom. The fourth-order valence-electron chi connectivity index (χ4n) is 3.98. The van der Waals surface area contributed by atoms with Crippen molar-refractivity contribution in [2.75, 3.05) is 31.7 Å². The molecule has 35 heavy (non-hydrogen) atoms. The first-order valence-corrected chi connectivity index (χ1v) is 10.9.